The molecule has 0 saturated heterocycles. The molecule has 2 aromatic rings. The van der Waals surface area contributed by atoms with Crippen molar-refractivity contribution >= 4 is 31.6 Å². The number of aryl methyl sites for hydroxylation is 1. The Bertz CT molecular complexity index is 775. The van der Waals surface area contributed by atoms with E-state index >= 15 is 0 Å². The zero-order chi connectivity index (χ0) is 14.9. The van der Waals surface area contributed by atoms with Gasteiger partial charge in [-0.15, -0.1) is 11.3 Å². The fraction of sp³-hybridized carbons (Fsp3) is 0.500. The van der Waals surface area contributed by atoms with E-state index in [-0.39, 0.29) is 17.2 Å². The van der Waals surface area contributed by atoms with Gasteiger partial charge in [0.05, 0.1) is 11.1 Å². The van der Waals surface area contributed by atoms with E-state index in [1.807, 2.05) is 19.2 Å². The molecule has 8 heteroatoms. The van der Waals surface area contributed by atoms with E-state index in [1.54, 1.807) is 0 Å². The molecule has 0 aliphatic heterocycles. The van der Waals surface area contributed by atoms with Gasteiger partial charge in [0.15, 0.2) is 0 Å². The largest absolute Gasteiger partial charge is 0.310 e. The maximum absolute atomic E-state index is 12.1. The third-order valence-electron chi connectivity index (χ3n) is 2.99. The summed E-state index contributed by atoms with van der Waals surface area (Å²) < 4.78 is 21.7. The van der Waals surface area contributed by atoms with E-state index in [1.165, 1.54) is 11.3 Å². The molecule has 2 rings (SSSR count). The highest BCUT2D eigenvalue weighted by Gasteiger charge is 2.13. The fourth-order valence-electron chi connectivity index (χ4n) is 2.00. The molecule has 20 heavy (non-hydrogen) atoms. The third kappa shape index (κ3) is 3.44. The Morgan fingerprint density at radius 3 is 2.75 bits per heavy atom. The maximum Gasteiger partial charge on any atom is 0.259 e. The highest BCUT2D eigenvalue weighted by atomic mass is 32.2. The van der Waals surface area contributed by atoms with Crippen LogP contribution in [0.5, 0.6) is 0 Å². The Kier molecular flexibility index (Phi) is 4.26. The second kappa shape index (κ2) is 5.63. The van der Waals surface area contributed by atoms with Gasteiger partial charge in [-0.2, -0.15) is 0 Å². The molecule has 0 unspecified atom stereocenters. The number of hydrogen-bond acceptors (Lipinski definition) is 5. The molecule has 0 aliphatic carbocycles. The Hall–Kier alpha value is -1.25. The number of sulfonamides is 1. The second-order valence-electron chi connectivity index (χ2n) is 5.01. The van der Waals surface area contributed by atoms with Gasteiger partial charge in [-0.05, 0) is 23.3 Å². The van der Waals surface area contributed by atoms with Crippen LogP contribution in [0.2, 0.25) is 0 Å². The van der Waals surface area contributed by atoms with Crippen molar-refractivity contribution in [3.8, 4) is 0 Å². The number of nitrogens with one attached hydrogen (secondary N) is 1. The van der Waals surface area contributed by atoms with E-state index in [0.29, 0.717) is 28.9 Å². The van der Waals surface area contributed by atoms with Crippen LogP contribution in [0.15, 0.2) is 10.2 Å². The lowest BCUT2D eigenvalue weighted by Gasteiger charge is -2.03. The van der Waals surface area contributed by atoms with Crippen LogP contribution in [-0.4, -0.2) is 24.1 Å². The van der Waals surface area contributed by atoms with Gasteiger partial charge in [-0.25, -0.2) is 18.5 Å². The van der Waals surface area contributed by atoms with Crippen LogP contribution in [0.25, 0.3) is 10.2 Å². The molecule has 0 atom stereocenters. The molecule has 0 spiro atoms. The number of nitrogens with two attached hydrogens (primary N) is 1. The average Bonchev–Trinajstić information content (AvgIpc) is 2.71. The summed E-state index contributed by atoms with van der Waals surface area (Å²) in [5.41, 5.74) is 0.834. The quantitative estimate of drug-likeness (QED) is 0.868. The molecule has 0 amide bonds. The summed E-state index contributed by atoms with van der Waals surface area (Å²) in [6, 6.07) is 0. The van der Waals surface area contributed by atoms with Crippen molar-refractivity contribution in [3.05, 3.63) is 27.1 Å². The minimum absolute atomic E-state index is 0.115. The summed E-state index contributed by atoms with van der Waals surface area (Å²) in [6.07, 6.45) is 0.728. The van der Waals surface area contributed by atoms with Crippen molar-refractivity contribution in [2.24, 2.45) is 5.14 Å². The summed E-state index contributed by atoms with van der Waals surface area (Å²) in [5, 5.41) is 7.53. The van der Waals surface area contributed by atoms with Crippen molar-refractivity contribution in [2.75, 3.05) is 5.75 Å². The first-order valence-electron chi connectivity index (χ1n) is 6.28. The molecule has 0 saturated carbocycles. The van der Waals surface area contributed by atoms with Crippen molar-refractivity contribution in [1.82, 2.24) is 9.97 Å². The Morgan fingerprint density at radius 1 is 1.45 bits per heavy atom. The number of aromatic amines is 1. The lowest BCUT2D eigenvalue weighted by Crippen LogP contribution is -2.18. The number of nitrogens with zero attached hydrogens (tertiary/aromatic N) is 1. The molecular formula is C12H17N3O3S2. The number of thiophene rings is 1. The van der Waals surface area contributed by atoms with Crippen LogP contribution in [-0.2, 0) is 16.4 Å². The van der Waals surface area contributed by atoms with E-state index in [4.69, 9.17) is 5.14 Å². The van der Waals surface area contributed by atoms with Crippen molar-refractivity contribution in [1.29, 1.82) is 0 Å². The Labute approximate surface area is 121 Å². The first-order chi connectivity index (χ1) is 9.28. The predicted molar refractivity (Wildman–Crippen MR) is 80.6 cm³/mol. The molecule has 110 valence electrons. The molecule has 6 nitrogen and oxygen atoms in total. The van der Waals surface area contributed by atoms with E-state index in [2.05, 4.69) is 9.97 Å². The van der Waals surface area contributed by atoms with Crippen LogP contribution in [0.4, 0.5) is 0 Å². The SMILES string of the molecule is CC(C)c1csc2nc(CCCS(N)(=O)=O)[nH]c(=O)c12. The van der Waals surface area contributed by atoms with Gasteiger partial charge in [0.2, 0.25) is 10.0 Å². The van der Waals surface area contributed by atoms with Gasteiger partial charge in [0.25, 0.3) is 5.56 Å². The number of rotatable bonds is 5. The Balaban J connectivity index is 2.28. The maximum atomic E-state index is 12.1. The lowest BCUT2D eigenvalue weighted by molar-refractivity contribution is 0.594. The third-order valence-corrected chi connectivity index (χ3v) is 4.73. The zero-order valence-corrected chi connectivity index (χ0v) is 13.0. The highest BCUT2D eigenvalue weighted by molar-refractivity contribution is 7.89. The standard InChI is InChI=1S/C12H17N3O3S2/c1-7(2)8-6-19-12-10(8)11(16)14-9(15-12)4-3-5-20(13,17)18/h6-7H,3-5H2,1-2H3,(H2,13,17,18)(H,14,15,16). The first kappa shape index (κ1) is 15.1. The monoisotopic (exact) mass is 315 g/mol. The molecule has 0 bridgehead atoms. The Morgan fingerprint density at radius 2 is 2.15 bits per heavy atom. The fourth-order valence-corrected chi connectivity index (χ4v) is 3.67. The molecule has 0 radical (unpaired) electrons. The van der Waals surface area contributed by atoms with Crippen molar-refractivity contribution < 1.29 is 8.42 Å². The van der Waals surface area contributed by atoms with Gasteiger partial charge in [-0.3, -0.25) is 4.79 Å². The summed E-state index contributed by atoms with van der Waals surface area (Å²) in [4.78, 5) is 19.9. The number of fused-ring (bicyclic) bond motifs is 1. The number of hydrogen-bond donors (Lipinski definition) is 2. The van der Waals surface area contributed by atoms with Crippen LogP contribution in [0, 0.1) is 0 Å². The molecule has 0 fully saturated rings. The van der Waals surface area contributed by atoms with E-state index in [9.17, 15) is 13.2 Å². The van der Waals surface area contributed by atoms with Crippen LogP contribution in [0.1, 0.15) is 37.6 Å². The molecule has 3 N–H and O–H groups in total. The minimum atomic E-state index is -3.47. The van der Waals surface area contributed by atoms with Gasteiger partial charge in [0.1, 0.15) is 10.7 Å². The van der Waals surface area contributed by atoms with Crippen molar-refractivity contribution in [3.63, 3.8) is 0 Å². The smallest absolute Gasteiger partial charge is 0.259 e. The summed E-state index contributed by atoms with van der Waals surface area (Å²) >= 11 is 1.44. The van der Waals surface area contributed by atoms with Gasteiger partial charge in [-0.1, -0.05) is 13.8 Å². The van der Waals surface area contributed by atoms with E-state index in [0.717, 1.165) is 5.56 Å². The van der Waals surface area contributed by atoms with Gasteiger partial charge >= 0.3 is 0 Å². The molecule has 2 aromatic heterocycles. The zero-order valence-electron chi connectivity index (χ0n) is 11.3. The highest BCUT2D eigenvalue weighted by Crippen LogP contribution is 2.27. The normalized spacial score (nSPS) is 12.4. The predicted octanol–water partition coefficient (Wildman–Crippen LogP) is 1.33. The topological polar surface area (TPSA) is 106 Å². The van der Waals surface area contributed by atoms with Gasteiger partial charge < -0.3 is 4.98 Å². The number of aromatic nitrogens is 2. The summed E-state index contributed by atoms with van der Waals surface area (Å²) in [7, 11) is -3.47. The van der Waals surface area contributed by atoms with Crippen molar-refractivity contribution in [2.45, 2.75) is 32.6 Å². The molecular weight excluding hydrogens is 298 g/mol. The minimum Gasteiger partial charge on any atom is -0.310 e. The average molecular weight is 315 g/mol. The van der Waals surface area contributed by atoms with Crippen LogP contribution < -0.4 is 10.7 Å². The van der Waals surface area contributed by atoms with Gasteiger partial charge in [0, 0.05) is 6.42 Å². The number of primary sulfonamides is 1. The molecule has 0 aromatic carbocycles. The molecule has 0 aliphatic rings. The second-order valence-corrected chi connectivity index (χ2v) is 7.60. The van der Waals surface area contributed by atoms with Crippen LogP contribution >= 0.6 is 11.3 Å². The van der Waals surface area contributed by atoms with Crippen LogP contribution in [0.3, 0.4) is 0 Å². The summed E-state index contributed by atoms with van der Waals surface area (Å²) in [6.45, 7) is 4.06. The lowest BCUT2D eigenvalue weighted by atomic mass is 10.0. The molecule has 2 heterocycles. The van der Waals surface area contributed by atoms with E-state index < -0.39 is 10.0 Å². The number of H-pyrrole nitrogens is 1. The summed E-state index contributed by atoms with van der Waals surface area (Å²) in [5.74, 6) is 0.652. The first-order valence-corrected chi connectivity index (χ1v) is 8.88.